The second-order valence-corrected chi connectivity index (χ2v) is 10.7. The van der Waals surface area contributed by atoms with E-state index in [1.807, 2.05) is 56.4 Å². The molecule has 2 aromatic carbocycles. The van der Waals surface area contributed by atoms with Gasteiger partial charge in [0.1, 0.15) is 0 Å². The molecule has 1 aliphatic heterocycles. The van der Waals surface area contributed by atoms with Gasteiger partial charge in [-0.15, -0.1) is 0 Å². The minimum atomic E-state index is 0.388. The van der Waals surface area contributed by atoms with E-state index >= 15 is 0 Å². The van der Waals surface area contributed by atoms with Crippen LogP contribution in [0.4, 0.5) is 0 Å². The van der Waals surface area contributed by atoms with Gasteiger partial charge < -0.3 is 9.80 Å². The highest BCUT2D eigenvalue weighted by atomic mass is 15.3. The van der Waals surface area contributed by atoms with Gasteiger partial charge >= 0.3 is 0 Å². The van der Waals surface area contributed by atoms with Crippen molar-refractivity contribution in [3.8, 4) is 0 Å². The van der Waals surface area contributed by atoms with Crippen LogP contribution < -0.4 is 0 Å². The fourth-order valence-electron chi connectivity index (χ4n) is 3.92. The number of hydrogen-bond acceptors (Lipinski definition) is 2. The second-order valence-electron chi connectivity index (χ2n) is 10.7. The fraction of sp³-hybridized carbons (Fsp3) is 0.550. The summed E-state index contributed by atoms with van der Waals surface area (Å²) in [5, 5.41) is 0. The van der Waals surface area contributed by atoms with E-state index in [-0.39, 0.29) is 0 Å². The summed E-state index contributed by atoms with van der Waals surface area (Å²) in [7, 11) is 0. The highest BCUT2D eigenvalue weighted by molar-refractivity contribution is 5.13. The SMILES string of the molecule is C=CN1CCN(C(=C)C)C(C(=C)C)C1.CC.CCCCCC.CCCCCC.Cc1ccccc1.Cc1ccccc1. The standard InChI is InChI=1S/C12H20N2.2C7H8.2C6H14.C2H6/c1-6-13-7-8-14(11(4)5)12(9-13)10(2)3;2*1-7-5-3-2-4-6-7;2*1-3-5-6-4-2;1-2/h6,12H,1-2,4,7-9H2,3,5H3;2*2-6H,1H3;2*3-6H2,1-2H3;1-2H3. The van der Waals surface area contributed by atoms with Crippen LogP contribution in [-0.4, -0.2) is 35.5 Å². The molecule has 2 aromatic rings. The van der Waals surface area contributed by atoms with Gasteiger partial charge in [-0.3, -0.25) is 0 Å². The Kier molecular flexibility index (Phi) is 34.1. The van der Waals surface area contributed by atoms with Crippen LogP contribution in [0.5, 0.6) is 0 Å². The largest absolute Gasteiger partial charge is 0.374 e. The zero-order chi connectivity index (χ0) is 32.6. The van der Waals surface area contributed by atoms with E-state index in [4.69, 9.17) is 0 Å². The predicted molar refractivity (Wildman–Crippen MR) is 195 cm³/mol. The molecule has 0 radical (unpaired) electrons. The van der Waals surface area contributed by atoms with Gasteiger partial charge in [-0.1, -0.05) is 190 Å². The molecule has 1 saturated heterocycles. The van der Waals surface area contributed by atoms with E-state index in [1.165, 1.54) is 68.1 Å². The average Bonchev–Trinajstić information content (AvgIpc) is 3.01. The molecule has 1 fully saturated rings. The molecule has 0 N–H and O–H groups in total. The van der Waals surface area contributed by atoms with Crippen molar-refractivity contribution in [3.05, 3.63) is 109 Å². The summed E-state index contributed by atoms with van der Waals surface area (Å²) in [6, 6.07) is 20.9. The molecule has 2 heteroatoms. The summed E-state index contributed by atoms with van der Waals surface area (Å²) in [6.45, 7) is 36.1. The molecule has 0 saturated carbocycles. The van der Waals surface area contributed by atoms with Crippen LogP contribution in [0, 0.1) is 13.8 Å². The van der Waals surface area contributed by atoms with Crippen molar-refractivity contribution in [2.24, 2.45) is 0 Å². The highest BCUT2D eigenvalue weighted by Gasteiger charge is 2.25. The molecule has 1 heterocycles. The Balaban J connectivity index is -0.000000469. The molecule has 0 amide bonds. The van der Waals surface area contributed by atoms with Gasteiger partial charge in [-0.05, 0) is 33.9 Å². The van der Waals surface area contributed by atoms with Crippen molar-refractivity contribution in [1.29, 1.82) is 0 Å². The Hall–Kier alpha value is -2.74. The summed E-state index contributed by atoms with van der Waals surface area (Å²) < 4.78 is 0. The Morgan fingerprint density at radius 1 is 0.690 bits per heavy atom. The highest BCUT2D eigenvalue weighted by Crippen LogP contribution is 2.19. The first-order valence-electron chi connectivity index (χ1n) is 16.7. The minimum Gasteiger partial charge on any atom is -0.374 e. The number of nitrogens with zero attached hydrogens (tertiary/aromatic N) is 2. The topological polar surface area (TPSA) is 6.48 Å². The monoisotopic (exact) mass is 579 g/mol. The van der Waals surface area contributed by atoms with Gasteiger partial charge in [-0.25, -0.2) is 0 Å². The zero-order valence-electron chi connectivity index (χ0n) is 29.7. The molecule has 1 unspecified atom stereocenters. The normalized spacial score (nSPS) is 13.0. The fourth-order valence-corrected chi connectivity index (χ4v) is 3.92. The van der Waals surface area contributed by atoms with Gasteiger partial charge in [0, 0.05) is 25.3 Å². The minimum absolute atomic E-state index is 0.388. The predicted octanol–water partition coefficient (Wildman–Crippen LogP) is 12.4. The number of hydrogen-bond donors (Lipinski definition) is 0. The molecule has 1 aliphatic rings. The summed E-state index contributed by atoms with van der Waals surface area (Å²) in [5.74, 6) is 0. The lowest BCUT2D eigenvalue weighted by Crippen LogP contribution is -2.50. The first-order valence-corrected chi connectivity index (χ1v) is 16.7. The number of allylic oxidation sites excluding steroid dienone is 1. The van der Waals surface area contributed by atoms with Crippen molar-refractivity contribution < 1.29 is 0 Å². The summed E-state index contributed by atoms with van der Waals surface area (Å²) in [4.78, 5) is 4.56. The third-order valence-electron chi connectivity index (χ3n) is 6.52. The number of rotatable bonds is 9. The summed E-state index contributed by atoms with van der Waals surface area (Å²) in [6.07, 6.45) is 13.0. The van der Waals surface area contributed by atoms with Crippen molar-refractivity contribution in [1.82, 2.24) is 9.80 Å². The lowest BCUT2D eigenvalue weighted by atomic mass is 10.1. The van der Waals surface area contributed by atoms with E-state index in [2.05, 4.69) is 109 Å². The van der Waals surface area contributed by atoms with E-state index in [1.54, 1.807) is 0 Å². The molecular weight excluding hydrogens is 508 g/mol. The first kappa shape index (κ1) is 43.7. The first-order chi connectivity index (χ1) is 20.2. The maximum atomic E-state index is 4.04. The molecule has 0 aliphatic carbocycles. The average molecular weight is 579 g/mol. The molecule has 42 heavy (non-hydrogen) atoms. The van der Waals surface area contributed by atoms with Crippen LogP contribution in [0.3, 0.4) is 0 Å². The van der Waals surface area contributed by atoms with Gasteiger partial charge in [0.2, 0.25) is 0 Å². The summed E-state index contributed by atoms with van der Waals surface area (Å²) in [5.41, 5.74) is 4.96. The van der Waals surface area contributed by atoms with Crippen molar-refractivity contribution in [2.45, 2.75) is 127 Å². The molecule has 1 atom stereocenters. The maximum Gasteiger partial charge on any atom is 0.0669 e. The van der Waals surface area contributed by atoms with Crippen LogP contribution in [0.15, 0.2) is 97.9 Å². The Labute approximate surface area is 264 Å². The quantitative estimate of drug-likeness (QED) is 0.216. The summed E-state index contributed by atoms with van der Waals surface area (Å²) >= 11 is 0. The third-order valence-corrected chi connectivity index (χ3v) is 6.52. The van der Waals surface area contributed by atoms with E-state index in [0.717, 1.165) is 25.3 Å². The van der Waals surface area contributed by atoms with Gasteiger partial charge in [0.05, 0.1) is 6.04 Å². The van der Waals surface area contributed by atoms with Crippen LogP contribution in [0.25, 0.3) is 0 Å². The Morgan fingerprint density at radius 3 is 1.26 bits per heavy atom. The van der Waals surface area contributed by atoms with Crippen LogP contribution in [-0.2, 0) is 0 Å². The van der Waals surface area contributed by atoms with Crippen LogP contribution >= 0.6 is 0 Å². The molecule has 0 aromatic heterocycles. The number of piperazine rings is 1. The van der Waals surface area contributed by atoms with Gasteiger partial charge in [0.25, 0.3) is 0 Å². The third kappa shape index (κ3) is 27.4. The van der Waals surface area contributed by atoms with E-state index < -0.39 is 0 Å². The van der Waals surface area contributed by atoms with Crippen molar-refractivity contribution in [2.75, 3.05) is 19.6 Å². The van der Waals surface area contributed by atoms with Crippen LogP contribution in [0.2, 0.25) is 0 Å². The van der Waals surface area contributed by atoms with Crippen LogP contribution in [0.1, 0.15) is 118 Å². The second kappa shape index (κ2) is 32.8. The molecule has 2 nitrogen and oxygen atoms in total. The molecule has 0 spiro atoms. The van der Waals surface area contributed by atoms with Crippen molar-refractivity contribution in [3.63, 3.8) is 0 Å². The number of benzene rings is 2. The zero-order valence-corrected chi connectivity index (χ0v) is 29.7. The molecule has 3 rings (SSSR count). The maximum absolute atomic E-state index is 4.04. The Bertz CT molecular complexity index is 787. The molecular formula is C40H70N2. The molecule has 0 bridgehead atoms. The van der Waals surface area contributed by atoms with Crippen molar-refractivity contribution >= 4 is 0 Å². The molecule has 240 valence electrons. The van der Waals surface area contributed by atoms with E-state index in [9.17, 15) is 0 Å². The van der Waals surface area contributed by atoms with Gasteiger partial charge in [-0.2, -0.15) is 0 Å². The lowest BCUT2D eigenvalue weighted by Gasteiger charge is -2.43. The lowest BCUT2D eigenvalue weighted by molar-refractivity contribution is 0.157. The van der Waals surface area contributed by atoms with Gasteiger partial charge in [0.15, 0.2) is 0 Å². The number of unbranched alkanes of at least 4 members (excludes halogenated alkanes) is 6. The number of aryl methyl sites for hydroxylation is 2. The Morgan fingerprint density at radius 2 is 1.05 bits per heavy atom. The van der Waals surface area contributed by atoms with E-state index in [0.29, 0.717) is 6.04 Å². The smallest absolute Gasteiger partial charge is 0.0669 e.